The molecule has 0 aromatic carbocycles. The summed E-state index contributed by atoms with van der Waals surface area (Å²) in [7, 11) is 0. The number of hydrogen-bond acceptors (Lipinski definition) is 2. The summed E-state index contributed by atoms with van der Waals surface area (Å²) in [6.45, 7) is 0.285. The summed E-state index contributed by atoms with van der Waals surface area (Å²) in [5.41, 5.74) is 0. The second-order valence-corrected chi connectivity index (χ2v) is 2.46. The predicted octanol–water partition coefficient (Wildman–Crippen LogP) is -0.256. The molecule has 1 atom stereocenters. The number of aliphatic carboxylic acids is 1. The number of carboxylic acids is 1. The highest BCUT2D eigenvalue weighted by Gasteiger charge is 1.88. The van der Waals surface area contributed by atoms with Gasteiger partial charge in [-0.1, -0.05) is 6.08 Å². The van der Waals surface area contributed by atoms with Crippen molar-refractivity contribution in [2.45, 2.75) is 6.42 Å². The lowest BCUT2D eigenvalue weighted by molar-refractivity contribution is -0.131. The molecule has 5 nitrogen and oxygen atoms in total. The summed E-state index contributed by atoms with van der Waals surface area (Å²) in [5, 5.41) is 8.11. The van der Waals surface area contributed by atoms with Crippen molar-refractivity contribution in [2.24, 2.45) is 0 Å². The molecule has 0 saturated heterocycles. The van der Waals surface area contributed by atoms with Gasteiger partial charge in [-0.15, -0.1) is 0 Å². The van der Waals surface area contributed by atoms with Gasteiger partial charge in [-0.3, -0.25) is 4.55 Å². The minimum atomic E-state index is -2.01. The molecule has 0 spiro atoms. The maximum absolute atomic E-state index is 9.96. The first-order valence-corrected chi connectivity index (χ1v) is 3.97. The molecule has 11 heavy (non-hydrogen) atoms. The number of carbonyl (C=O) groups is 1. The second-order valence-electron chi connectivity index (χ2n) is 1.67. The molecule has 0 rings (SSSR count). The standard InChI is InChI=1S/C5H9NO4S/c7-5(8)3-1-2-4-6-11(9)10/h1,3,6H,2,4H2,(H,7,8)(H,9,10). The third-order valence-corrected chi connectivity index (χ3v) is 1.25. The van der Waals surface area contributed by atoms with Gasteiger partial charge in [0, 0.05) is 12.6 Å². The third-order valence-electron chi connectivity index (χ3n) is 0.797. The molecular formula is C5H9NO4S. The van der Waals surface area contributed by atoms with Crippen molar-refractivity contribution in [3.05, 3.63) is 12.2 Å². The van der Waals surface area contributed by atoms with Crippen LogP contribution in [-0.4, -0.2) is 26.4 Å². The molecule has 3 N–H and O–H groups in total. The molecule has 0 bridgehead atoms. The first-order valence-electron chi connectivity index (χ1n) is 2.86. The fourth-order valence-electron chi connectivity index (χ4n) is 0.414. The van der Waals surface area contributed by atoms with E-state index in [1.165, 1.54) is 6.08 Å². The van der Waals surface area contributed by atoms with Crippen LogP contribution in [0.4, 0.5) is 0 Å². The number of carboxylic acid groups (broad SMARTS) is 1. The summed E-state index contributed by atoms with van der Waals surface area (Å²) in [4.78, 5) is 9.88. The van der Waals surface area contributed by atoms with Crippen molar-refractivity contribution in [1.82, 2.24) is 4.72 Å². The topological polar surface area (TPSA) is 86.6 Å². The van der Waals surface area contributed by atoms with E-state index in [2.05, 4.69) is 4.72 Å². The molecule has 0 aliphatic heterocycles. The van der Waals surface area contributed by atoms with Crippen molar-refractivity contribution >= 4 is 17.2 Å². The molecule has 0 aliphatic carbocycles. The third kappa shape index (κ3) is 9.28. The van der Waals surface area contributed by atoms with E-state index in [1.54, 1.807) is 0 Å². The summed E-state index contributed by atoms with van der Waals surface area (Å²) >= 11 is -2.01. The zero-order chi connectivity index (χ0) is 8.69. The Morgan fingerprint density at radius 1 is 1.64 bits per heavy atom. The lowest BCUT2D eigenvalue weighted by Crippen LogP contribution is -2.16. The quantitative estimate of drug-likeness (QED) is 0.308. The van der Waals surface area contributed by atoms with Crippen LogP contribution in [0, 0.1) is 0 Å². The fraction of sp³-hybridized carbons (Fsp3) is 0.400. The molecule has 0 aliphatic rings. The highest BCUT2D eigenvalue weighted by atomic mass is 32.2. The van der Waals surface area contributed by atoms with E-state index < -0.39 is 17.2 Å². The highest BCUT2D eigenvalue weighted by Crippen LogP contribution is 1.80. The van der Waals surface area contributed by atoms with Crippen LogP contribution in [0.2, 0.25) is 0 Å². The van der Waals surface area contributed by atoms with Crippen molar-refractivity contribution in [1.29, 1.82) is 0 Å². The minimum absolute atomic E-state index is 0.285. The molecule has 0 aromatic rings. The van der Waals surface area contributed by atoms with Gasteiger partial charge < -0.3 is 5.11 Å². The number of hydrogen-bond donors (Lipinski definition) is 3. The first-order chi connectivity index (χ1) is 5.13. The SMILES string of the molecule is O=C(O)C=CCCNS(=O)O. The van der Waals surface area contributed by atoms with Gasteiger partial charge in [-0.2, -0.15) is 0 Å². The predicted molar refractivity (Wildman–Crippen MR) is 40.2 cm³/mol. The van der Waals surface area contributed by atoms with Crippen LogP contribution in [0.1, 0.15) is 6.42 Å². The smallest absolute Gasteiger partial charge is 0.327 e. The molecule has 0 aromatic heterocycles. The van der Waals surface area contributed by atoms with E-state index in [4.69, 9.17) is 9.66 Å². The molecule has 6 heteroatoms. The Kier molecular flexibility index (Phi) is 5.63. The molecule has 0 amide bonds. The van der Waals surface area contributed by atoms with Crippen LogP contribution in [0.5, 0.6) is 0 Å². The zero-order valence-corrected chi connectivity index (χ0v) is 6.50. The fourth-order valence-corrected chi connectivity index (χ4v) is 0.706. The maximum Gasteiger partial charge on any atom is 0.327 e. The lowest BCUT2D eigenvalue weighted by Gasteiger charge is -1.92. The lowest BCUT2D eigenvalue weighted by atomic mass is 10.4. The van der Waals surface area contributed by atoms with Crippen molar-refractivity contribution in [3.8, 4) is 0 Å². The Morgan fingerprint density at radius 3 is 2.73 bits per heavy atom. The van der Waals surface area contributed by atoms with Crippen LogP contribution < -0.4 is 4.72 Å². The van der Waals surface area contributed by atoms with E-state index >= 15 is 0 Å². The zero-order valence-electron chi connectivity index (χ0n) is 5.69. The molecule has 1 unspecified atom stereocenters. The summed E-state index contributed by atoms with van der Waals surface area (Å²) in [6, 6.07) is 0. The minimum Gasteiger partial charge on any atom is -0.478 e. The van der Waals surface area contributed by atoms with Gasteiger partial charge in [-0.25, -0.2) is 13.7 Å². The van der Waals surface area contributed by atoms with Crippen LogP contribution >= 0.6 is 0 Å². The molecule has 0 fully saturated rings. The van der Waals surface area contributed by atoms with E-state index in [0.29, 0.717) is 6.42 Å². The van der Waals surface area contributed by atoms with Gasteiger partial charge >= 0.3 is 5.97 Å². The van der Waals surface area contributed by atoms with E-state index in [1.807, 2.05) is 0 Å². The Hall–Kier alpha value is -0.720. The monoisotopic (exact) mass is 179 g/mol. The van der Waals surface area contributed by atoms with E-state index in [0.717, 1.165) is 6.08 Å². The Bertz CT molecular complexity index is 179. The normalized spacial score (nSPS) is 13.5. The number of rotatable bonds is 5. The highest BCUT2D eigenvalue weighted by molar-refractivity contribution is 7.77. The largest absolute Gasteiger partial charge is 0.478 e. The molecular weight excluding hydrogens is 170 g/mol. The molecule has 0 heterocycles. The van der Waals surface area contributed by atoms with Crippen molar-refractivity contribution < 1.29 is 18.7 Å². The van der Waals surface area contributed by atoms with Crippen molar-refractivity contribution in [3.63, 3.8) is 0 Å². The Balaban J connectivity index is 3.27. The molecule has 0 saturated carbocycles. The van der Waals surface area contributed by atoms with Crippen LogP contribution in [-0.2, 0) is 16.1 Å². The van der Waals surface area contributed by atoms with Gasteiger partial charge in [-0.05, 0) is 6.42 Å². The van der Waals surface area contributed by atoms with E-state index in [9.17, 15) is 9.00 Å². The average molecular weight is 179 g/mol. The van der Waals surface area contributed by atoms with Crippen LogP contribution in [0.3, 0.4) is 0 Å². The van der Waals surface area contributed by atoms with Gasteiger partial charge in [0.05, 0.1) is 0 Å². The second kappa shape index (κ2) is 6.02. The van der Waals surface area contributed by atoms with Crippen LogP contribution in [0.15, 0.2) is 12.2 Å². The Labute approximate surface area is 66.5 Å². The molecule has 64 valence electrons. The van der Waals surface area contributed by atoms with Gasteiger partial charge in [0.15, 0.2) is 0 Å². The summed E-state index contributed by atoms with van der Waals surface area (Å²) in [5.74, 6) is -1.02. The van der Waals surface area contributed by atoms with Gasteiger partial charge in [0.1, 0.15) is 0 Å². The summed E-state index contributed by atoms with van der Waals surface area (Å²) < 4.78 is 20.3. The molecule has 0 radical (unpaired) electrons. The average Bonchev–Trinajstić information content (AvgIpc) is 1.85. The van der Waals surface area contributed by atoms with E-state index in [-0.39, 0.29) is 6.54 Å². The van der Waals surface area contributed by atoms with Gasteiger partial charge in [0.25, 0.3) is 0 Å². The number of nitrogens with one attached hydrogen (secondary N) is 1. The van der Waals surface area contributed by atoms with Gasteiger partial charge in [0.2, 0.25) is 11.3 Å². The maximum atomic E-state index is 9.96. The van der Waals surface area contributed by atoms with Crippen LogP contribution in [0.25, 0.3) is 0 Å². The first kappa shape index (κ1) is 10.3. The Morgan fingerprint density at radius 2 is 2.27 bits per heavy atom. The van der Waals surface area contributed by atoms with Crippen molar-refractivity contribution in [2.75, 3.05) is 6.54 Å². The summed E-state index contributed by atoms with van der Waals surface area (Å²) in [6.07, 6.45) is 2.81.